The van der Waals surface area contributed by atoms with Gasteiger partial charge in [0.15, 0.2) is 0 Å². The molecule has 27 heavy (non-hydrogen) atoms. The minimum atomic E-state index is 0.238. The summed E-state index contributed by atoms with van der Waals surface area (Å²) in [6, 6.07) is 14.5. The molecule has 1 saturated heterocycles. The van der Waals surface area contributed by atoms with Crippen LogP contribution in [0.25, 0.3) is 0 Å². The van der Waals surface area contributed by atoms with Crippen LogP contribution in [0, 0.1) is 13.8 Å². The maximum absolute atomic E-state index is 12.7. The molecule has 1 heterocycles. The van der Waals surface area contributed by atoms with Gasteiger partial charge < -0.3 is 14.5 Å². The van der Waals surface area contributed by atoms with Gasteiger partial charge in [-0.3, -0.25) is 4.79 Å². The molecule has 0 radical (unpaired) electrons. The first-order chi connectivity index (χ1) is 13.1. The second-order valence-electron chi connectivity index (χ2n) is 7.13. The predicted octanol–water partition coefficient (Wildman–Crippen LogP) is 3.98. The van der Waals surface area contributed by atoms with Gasteiger partial charge in [-0.25, -0.2) is 0 Å². The molecule has 1 aliphatic heterocycles. The van der Waals surface area contributed by atoms with E-state index in [-0.39, 0.29) is 5.91 Å². The molecule has 4 heteroatoms. The highest BCUT2D eigenvalue weighted by Crippen LogP contribution is 2.24. The summed E-state index contributed by atoms with van der Waals surface area (Å²) in [7, 11) is 0. The molecule has 0 aliphatic carbocycles. The van der Waals surface area contributed by atoms with Crippen molar-refractivity contribution in [2.24, 2.45) is 0 Å². The number of benzene rings is 2. The first-order valence-corrected chi connectivity index (χ1v) is 9.89. The number of amides is 1. The van der Waals surface area contributed by atoms with Crippen molar-refractivity contribution in [3.8, 4) is 5.75 Å². The third kappa shape index (κ3) is 4.62. The van der Waals surface area contributed by atoms with Crippen LogP contribution in [0.5, 0.6) is 5.75 Å². The molecule has 0 spiro atoms. The van der Waals surface area contributed by atoms with Crippen molar-refractivity contribution in [1.82, 2.24) is 4.90 Å². The fourth-order valence-electron chi connectivity index (χ4n) is 3.68. The Morgan fingerprint density at radius 1 is 1.00 bits per heavy atom. The van der Waals surface area contributed by atoms with Crippen LogP contribution < -0.4 is 9.64 Å². The Kier molecular flexibility index (Phi) is 6.38. The summed E-state index contributed by atoms with van der Waals surface area (Å²) < 4.78 is 5.67. The number of hydrogen-bond donors (Lipinski definition) is 0. The van der Waals surface area contributed by atoms with Crippen molar-refractivity contribution >= 4 is 11.6 Å². The zero-order chi connectivity index (χ0) is 19.2. The van der Waals surface area contributed by atoms with Gasteiger partial charge in [-0.05, 0) is 56.0 Å². The first-order valence-electron chi connectivity index (χ1n) is 9.89. The zero-order valence-corrected chi connectivity index (χ0v) is 16.7. The largest absolute Gasteiger partial charge is 0.494 e. The lowest BCUT2D eigenvalue weighted by atomic mass is 10.1. The van der Waals surface area contributed by atoms with Gasteiger partial charge in [0.05, 0.1) is 6.61 Å². The molecule has 2 aromatic rings. The quantitative estimate of drug-likeness (QED) is 0.775. The highest BCUT2D eigenvalue weighted by Gasteiger charge is 2.22. The number of rotatable bonds is 6. The summed E-state index contributed by atoms with van der Waals surface area (Å²) in [5, 5.41) is 0. The molecule has 0 unspecified atom stereocenters. The van der Waals surface area contributed by atoms with Crippen molar-refractivity contribution in [3.63, 3.8) is 0 Å². The molecule has 0 aromatic heterocycles. The molecule has 1 amide bonds. The van der Waals surface area contributed by atoms with Crippen LogP contribution in [0.2, 0.25) is 0 Å². The molecule has 0 saturated carbocycles. The lowest BCUT2D eigenvalue weighted by Gasteiger charge is -2.37. The summed E-state index contributed by atoms with van der Waals surface area (Å²) in [5.41, 5.74) is 5.07. The lowest BCUT2D eigenvalue weighted by Crippen LogP contribution is -2.49. The van der Waals surface area contributed by atoms with Gasteiger partial charge in [0.1, 0.15) is 5.75 Å². The van der Waals surface area contributed by atoms with Crippen molar-refractivity contribution in [1.29, 1.82) is 0 Å². The number of carbonyl (C=O) groups is 1. The van der Waals surface area contributed by atoms with Crippen molar-refractivity contribution in [2.45, 2.75) is 33.6 Å². The minimum Gasteiger partial charge on any atom is -0.494 e. The SMILES string of the molecule is CCOc1ccccc1CCC(=O)N1CCN(c2cccc(C)c2C)CC1. The Balaban J connectivity index is 1.54. The number of para-hydroxylation sites is 1. The summed E-state index contributed by atoms with van der Waals surface area (Å²) in [4.78, 5) is 17.1. The van der Waals surface area contributed by atoms with E-state index in [2.05, 4.69) is 43.0 Å². The molecular weight excluding hydrogens is 336 g/mol. The van der Waals surface area contributed by atoms with E-state index in [1.165, 1.54) is 16.8 Å². The van der Waals surface area contributed by atoms with Crippen LogP contribution >= 0.6 is 0 Å². The zero-order valence-electron chi connectivity index (χ0n) is 16.7. The summed E-state index contributed by atoms with van der Waals surface area (Å²) in [5.74, 6) is 1.13. The molecular formula is C23H30N2O2. The van der Waals surface area contributed by atoms with Crippen molar-refractivity contribution in [2.75, 3.05) is 37.7 Å². The van der Waals surface area contributed by atoms with Crippen molar-refractivity contribution < 1.29 is 9.53 Å². The molecule has 3 rings (SSSR count). The molecule has 4 nitrogen and oxygen atoms in total. The molecule has 0 bridgehead atoms. The second-order valence-corrected chi connectivity index (χ2v) is 7.13. The summed E-state index contributed by atoms with van der Waals surface area (Å²) >= 11 is 0. The van der Waals surface area contributed by atoms with Crippen LogP contribution in [0.4, 0.5) is 5.69 Å². The Morgan fingerprint density at radius 2 is 1.74 bits per heavy atom. The topological polar surface area (TPSA) is 32.8 Å². The maximum atomic E-state index is 12.7. The molecule has 2 aromatic carbocycles. The van der Waals surface area contributed by atoms with E-state index in [9.17, 15) is 4.79 Å². The molecule has 0 atom stereocenters. The van der Waals surface area contributed by atoms with E-state index in [1.54, 1.807) is 0 Å². The molecule has 1 fully saturated rings. The third-order valence-electron chi connectivity index (χ3n) is 5.43. The fourth-order valence-corrected chi connectivity index (χ4v) is 3.68. The lowest BCUT2D eigenvalue weighted by molar-refractivity contribution is -0.131. The highest BCUT2D eigenvalue weighted by molar-refractivity contribution is 5.77. The highest BCUT2D eigenvalue weighted by atomic mass is 16.5. The van der Waals surface area contributed by atoms with E-state index in [4.69, 9.17) is 4.74 Å². The summed E-state index contributed by atoms with van der Waals surface area (Å²) in [6.45, 7) is 10.3. The Morgan fingerprint density at radius 3 is 2.48 bits per heavy atom. The van der Waals surface area contributed by atoms with Gasteiger partial charge in [0, 0.05) is 38.3 Å². The average Bonchev–Trinajstić information content (AvgIpc) is 2.69. The number of aryl methyl sites for hydroxylation is 2. The first kappa shape index (κ1) is 19.3. The number of anilines is 1. The van der Waals surface area contributed by atoms with Crippen molar-refractivity contribution in [3.05, 3.63) is 59.2 Å². The van der Waals surface area contributed by atoms with Gasteiger partial charge in [-0.1, -0.05) is 30.3 Å². The molecule has 144 valence electrons. The number of piperazine rings is 1. The van der Waals surface area contributed by atoms with Gasteiger partial charge >= 0.3 is 0 Å². The number of hydrogen-bond acceptors (Lipinski definition) is 3. The average molecular weight is 367 g/mol. The van der Waals surface area contributed by atoms with Crippen LogP contribution in [-0.4, -0.2) is 43.6 Å². The van der Waals surface area contributed by atoms with Crippen LogP contribution in [0.15, 0.2) is 42.5 Å². The monoisotopic (exact) mass is 366 g/mol. The molecule has 1 aliphatic rings. The Labute approximate surface area is 162 Å². The number of carbonyl (C=O) groups excluding carboxylic acids is 1. The molecule has 0 N–H and O–H groups in total. The van der Waals surface area contributed by atoms with E-state index < -0.39 is 0 Å². The number of ether oxygens (including phenoxy) is 1. The van der Waals surface area contributed by atoms with Gasteiger partial charge in [0.25, 0.3) is 0 Å². The van der Waals surface area contributed by atoms with Gasteiger partial charge in [-0.2, -0.15) is 0 Å². The summed E-state index contributed by atoms with van der Waals surface area (Å²) in [6.07, 6.45) is 1.26. The van der Waals surface area contributed by atoms with Gasteiger partial charge in [-0.15, -0.1) is 0 Å². The third-order valence-corrected chi connectivity index (χ3v) is 5.43. The fraction of sp³-hybridized carbons (Fsp3) is 0.435. The van der Waals surface area contributed by atoms with Crippen LogP contribution in [0.3, 0.4) is 0 Å². The Bertz CT molecular complexity index is 780. The predicted molar refractivity (Wildman–Crippen MR) is 111 cm³/mol. The number of nitrogens with zero attached hydrogens (tertiary/aromatic N) is 2. The Hall–Kier alpha value is -2.49. The van der Waals surface area contributed by atoms with E-state index in [0.717, 1.165) is 43.9 Å². The standard InChI is InChI=1S/C23H30N2O2/c1-4-27-22-11-6-5-9-20(22)12-13-23(26)25-16-14-24(15-17-25)21-10-7-8-18(2)19(21)3/h5-11H,4,12-17H2,1-3H3. The maximum Gasteiger partial charge on any atom is 0.223 e. The van der Waals surface area contributed by atoms with Crippen LogP contribution in [-0.2, 0) is 11.2 Å². The van der Waals surface area contributed by atoms with E-state index >= 15 is 0 Å². The minimum absolute atomic E-state index is 0.238. The smallest absolute Gasteiger partial charge is 0.223 e. The van der Waals surface area contributed by atoms with Gasteiger partial charge in [0.2, 0.25) is 5.91 Å². The normalized spacial score (nSPS) is 14.3. The van der Waals surface area contributed by atoms with Crippen LogP contribution in [0.1, 0.15) is 30.0 Å². The van der Waals surface area contributed by atoms with E-state index in [1.807, 2.05) is 30.0 Å². The van der Waals surface area contributed by atoms with E-state index in [0.29, 0.717) is 13.0 Å². The second kappa shape index (κ2) is 8.94.